The van der Waals surface area contributed by atoms with Gasteiger partial charge in [0.1, 0.15) is 10.8 Å². The molecule has 31 heavy (non-hydrogen) atoms. The third kappa shape index (κ3) is 2.82. The van der Waals surface area contributed by atoms with E-state index in [0.29, 0.717) is 29.8 Å². The Balaban J connectivity index is 1.48. The monoisotopic (exact) mass is 438 g/mol. The van der Waals surface area contributed by atoms with Gasteiger partial charge in [0.2, 0.25) is 0 Å². The van der Waals surface area contributed by atoms with Crippen LogP contribution in [0.1, 0.15) is 55.9 Å². The molecule has 3 aromatic rings. The number of rotatable bonds is 3. The molecule has 4 heterocycles. The summed E-state index contributed by atoms with van der Waals surface area (Å²) in [6.07, 6.45) is 10.1. The van der Waals surface area contributed by atoms with E-state index in [4.69, 9.17) is 14.5 Å². The number of thioether (sulfide) groups is 1. The fourth-order valence-corrected chi connectivity index (χ4v) is 6.16. The lowest BCUT2D eigenvalue weighted by atomic mass is 9.64. The highest BCUT2D eigenvalue weighted by Gasteiger charge is 2.48. The summed E-state index contributed by atoms with van der Waals surface area (Å²) in [6.45, 7) is 1.93. The predicted molar refractivity (Wildman–Crippen MR) is 117 cm³/mol. The zero-order valence-electron chi connectivity index (χ0n) is 17.9. The van der Waals surface area contributed by atoms with Crippen molar-refractivity contribution in [1.29, 1.82) is 0 Å². The Kier molecular flexibility index (Phi) is 4.47. The molecule has 1 atom stereocenters. The highest BCUT2D eigenvalue weighted by molar-refractivity contribution is 7.98. The third-order valence-electron chi connectivity index (χ3n) is 7.26. The van der Waals surface area contributed by atoms with Crippen LogP contribution in [0, 0.1) is 0 Å². The standard InChI is InChI=1S/C22H26N6O2S/c1-27-11-13(12-27)28-20-15(10-23-28)21(31-2)25-19(24-20)17-14-6-5-9-22(18(14)30-26-17)8-4-3-7-16(22)29/h10,13H,3-9,11-12H2,1-2H3/t22-/m1/s1. The number of likely N-dealkylation sites (tertiary alicyclic amines) is 1. The van der Waals surface area contributed by atoms with Crippen molar-refractivity contribution in [2.75, 3.05) is 26.4 Å². The molecule has 1 saturated carbocycles. The lowest BCUT2D eigenvalue weighted by Crippen LogP contribution is -2.45. The highest BCUT2D eigenvalue weighted by Crippen LogP contribution is 2.47. The van der Waals surface area contributed by atoms with Crippen LogP contribution in [0.4, 0.5) is 0 Å². The minimum atomic E-state index is -0.484. The smallest absolute Gasteiger partial charge is 0.185 e. The summed E-state index contributed by atoms with van der Waals surface area (Å²) in [5.74, 6) is 1.68. The molecule has 2 aliphatic carbocycles. The van der Waals surface area contributed by atoms with E-state index in [1.165, 1.54) is 0 Å². The summed E-state index contributed by atoms with van der Waals surface area (Å²) < 4.78 is 7.94. The number of nitrogens with zero attached hydrogens (tertiary/aromatic N) is 6. The van der Waals surface area contributed by atoms with Crippen molar-refractivity contribution in [3.8, 4) is 11.5 Å². The van der Waals surface area contributed by atoms with Gasteiger partial charge in [-0.1, -0.05) is 11.6 Å². The van der Waals surface area contributed by atoms with Crippen molar-refractivity contribution in [2.24, 2.45) is 0 Å². The number of likely N-dealkylation sites (N-methyl/N-ethyl adjacent to an activating group) is 1. The van der Waals surface area contributed by atoms with Crippen molar-refractivity contribution in [2.45, 2.75) is 61.4 Å². The van der Waals surface area contributed by atoms with E-state index in [9.17, 15) is 4.79 Å². The van der Waals surface area contributed by atoms with Crippen LogP contribution in [0.15, 0.2) is 15.7 Å². The Labute approximate surface area is 184 Å². The molecular formula is C22H26N6O2S. The molecular weight excluding hydrogens is 412 g/mol. The first-order valence-electron chi connectivity index (χ1n) is 11.1. The first-order valence-corrected chi connectivity index (χ1v) is 12.3. The van der Waals surface area contributed by atoms with Gasteiger partial charge in [0.15, 0.2) is 22.9 Å². The third-order valence-corrected chi connectivity index (χ3v) is 7.96. The number of hydrogen-bond acceptors (Lipinski definition) is 8. The molecule has 162 valence electrons. The summed E-state index contributed by atoms with van der Waals surface area (Å²) in [6, 6.07) is 0.328. The molecule has 8 nitrogen and oxygen atoms in total. The van der Waals surface area contributed by atoms with Gasteiger partial charge in [-0.15, -0.1) is 11.8 Å². The normalized spacial score (nSPS) is 24.6. The van der Waals surface area contributed by atoms with Crippen molar-refractivity contribution in [3.05, 3.63) is 17.5 Å². The van der Waals surface area contributed by atoms with Gasteiger partial charge >= 0.3 is 0 Å². The molecule has 6 rings (SSSR count). The van der Waals surface area contributed by atoms with Crippen LogP contribution < -0.4 is 0 Å². The maximum absolute atomic E-state index is 13.0. The first-order chi connectivity index (χ1) is 15.1. The number of fused-ring (bicyclic) bond motifs is 3. The molecule has 3 aliphatic rings. The van der Waals surface area contributed by atoms with Gasteiger partial charge in [0, 0.05) is 25.1 Å². The number of Topliss-reactive ketones (excluding diaryl/α,β-unsaturated/α-hetero) is 1. The van der Waals surface area contributed by atoms with Crippen LogP contribution in [-0.4, -0.2) is 62.0 Å². The number of hydrogen-bond donors (Lipinski definition) is 0. The Hall–Kier alpha value is -2.26. The van der Waals surface area contributed by atoms with Crippen LogP contribution >= 0.6 is 11.8 Å². The lowest BCUT2D eigenvalue weighted by molar-refractivity contribution is -0.128. The Morgan fingerprint density at radius 3 is 2.77 bits per heavy atom. The second-order valence-electron chi connectivity index (χ2n) is 9.16. The van der Waals surface area contributed by atoms with E-state index in [1.807, 2.05) is 17.1 Å². The average molecular weight is 439 g/mol. The summed E-state index contributed by atoms with van der Waals surface area (Å²) in [5, 5.41) is 10.9. The first kappa shape index (κ1) is 19.4. The van der Waals surface area contributed by atoms with Crippen LogP contribution in [0.2, 0.25) is 0 Å². The van der Waals surface area contributed by atoms with E-state index >= 15 is 0 Å². The largest absolute Gasteiger partial charge is 0.359 e. The van der Waals surface area contributed by atoms with Gasteiger partial charge < -0.3 is 9.42 Å². The SMILES string of the molecule is CSc1nc(-c2noc3c2CCC[C@@]32CCCCC2=O)nc2c1cnn2C1CN(C)C1. The minimum Gasteiger partial charge on any atom is -0.359 e. The number of carbonyl (C=O) groups excluding carboxylic acids is 1. The molecule has 0 amide bonds. The molecule has 0 radical (unpaired) electrons. The molecule has 9 heteroatoms. The molecule has 0 unspecified atom stereocenters. The molecule has 2 fully saturated rings. The molecule has 1 aliphatic heterocycles. The molecule has 0 N–H and O–H groups in total. The van der Waals surface area contributed by atoms with Gasteiger partial charge in [-0.3, -0.25) is 4.79 Å². The van der Waals surface area contributed by atoms with Gasteiger partial charge in [0.25, 0.3) is 0 Å². The molecule has 0 bridgehead atoms. The maximum Gasteiger partial charge on any atom is 0.185 e. The van der Waals surface area contributed by atoms with Gasteiger partial charge in [-0.25, -0.2) is 14.6 Å². The summed E-state index contributed by atoms with van der Waals surface area (Å²) >= 11 is 1.59. The Morgan fingerprint density at radius 1 is 1.16 bits per heavy atom. The topological polar surface area (TPSA) is 89.9 Å². The number of ketones is 1. The van der Waals surface area contributed by atoms with Crippen LogP contribution in [-0.2, 0) is 16.6 Å². The number of aromatic nitrogens is 5. The second kappa shape index (κ2) is 7.13. The predicted octanol–water partition coefficient (Wildman–Crippen LogP) is 3.41. The maximum atomic E-state index is 13.0. The Morgan fingerprint density at radius 2 is 2.00 bits per heavy atom. The van der Waals surface area contributed by atoms with Crippen molar-refractivity contribution in [3.63, 3.8) is 0 Å². The van der Waals surface area contributed by atoms with Gasteiger partial charge in [-0.05, 0) is 45.4 Å². The van der Waals surface area contributed by atoms with E-state index in [1.54, 1.807) is 11.8 Å². The van der Waals surface area contributed by atoms with Crippen LogP contribution in [0.5, 0.6) is 0 Å². The van der Waals surface area contributed by atoms with Crippen molar-refractivity contribution in [1.82, 2.24) is 29.8 Å². The fourth-order valence-electron chi connectivity index (χ4n) is 5.62. The van der Waals surface area contributed by atoms with E-state index in [2.05, 4.69) is 22.2 Å². The molecule has 0 aromatic carbocycles. The summed E-state index contributed by atoms with van der Waals surface area (Å²) in [7, 11) is 2.11. The average Bonchev–Trinajstić information content (AvgIpc) is 3.38. The number of carbonyl (C=O) groups is 1. The van der Waals surface area contributed by atoms with Crippen LogP contribution in [0.25, 0.3) is 22.6 Å². The zero-order valence-corrected chi connectivity index (χ0v) is 18.7. The zero-order chi connectivity index (χ0) is 21.2. The van der Waals surface area contributed by atoms with Crippen molar-refractivity contribution < 1.29 is 9.32 Å². The fraction of sp³-hybridized carbons (Fsp3) is 0.591. The molecule has 3 aromatic heterocycles. The van der Waals surface area contributed by atoms with Crippen molar-refractivity contribution >= 4 is 28.6 Å². The van der Waals surface area contributed by atoms with Crippen LogP contribution in [0.3, 0.4) is 0 Å². The summed E-state index contributed by atoms with van der Waals surface area (Å²) in [4.78, 5) is 25.0. The van der Waals surface area contributed by atoms with Gasteiger partial charge in [0.05, 0.1) is 23.0 Å². The Bertz CT molecular complexity index is 1180. The molecule has 1 saturated heterocycles. The lowest BCUT2D eigenvalue weighted by Gasteiger charge is -2.36. The second-order valence-corrected chi connectivity index (χ2v) is 9.96. The molecule has 1 spiro atoms. The van der Waals surface area contributed by atoms with E-state index in [-0.39, 0.29) is 0 Å². The van der Waals surface area contributed by atoms with Gasteiger partial charge in [-0.2, -0.15) is 5.10 Å². The quantitative estimate of drug-likeness (QED) is 0.454. The minimum absolute atomic E-state index is 0.316. The van der Waals surface area contributed by atoms with E-state index < -0.39 is 5.41 Å². The van der Waals surface area contributed by atoms with E-state index in [0.717, 1.165) is 79.0 Å². The highest BCUT2D eigenvalue weighted by atomic mass is 32.2. The summed E-state index contributed by atoms with van der Waals surface area (Å²) in [5.41, 5.74) is 2.09.